The summed E-state index contributed by atoms with van der Waals surface area (Å²) in [5, 5.41) is 3.42. The van der Waals surface area contributed by atoms with Crippen LogP contribution >= 0.6 is 31.9 Å². The molecule has 0 aliphatic carbocycles. The molecule has 0 saturated carbocycles. The zero-order chi connectivity index (χ0) is 15.1. The van der Waals surface area contributed by atoms with Crippen molar-refractivity contribution >= 4 is 31.9 Å². The Balaban J connectivity index is 1.86. The van der Waals surface area contributed by atoms with Gasteiger partial charge in [0, 0.05) is 13.1 Å². The Kier molecular flexibility index (Phi) is 7.50. The van der Waals surface area contributed by atoms with Crippen molar-refractivity contribution in [3.8, 4) is 5.75 Å². The molecule has 3 nitrogen and oxygen atoms in total. The molecule has 0 aromatic heterocycles. The minimum absolute atomic E-state index is 0.741. The second kappa shape index (κ2) is 9.13. The largest absolute Gasteiger partial charge is 0.490 e. The van der Waals surface area contributed by atoms with Gasteiger partial charge in [-0.25, -0.2) is 0 Å². The number of nitrogens with one attached hydrogen (secondary N) is 1. The third-order valence-electron chi connectivity index (χ3n) is 3.67. The molecule has 0 amide bonds. The maximum Gasteiger partial charge on any atom is 0.147 e. The predicted molar refractivity (Wildman–Crippen MR) is 95.0 cm³/mol. The number of halogens is 2. The van der Waals surface area contributed by atoms with E-state index in [4.69, 9.17) is 4.74 Å². The van der Waals surface area contributed by atoms with Crippen molar-refractivity contribution in [3.63, 3.8) is 0 Å². The van der Waals surface area contributed by atoms with E-state index in [0.717, 1.165) is 47.4 Å². The molecule has 1 aromatic rings. The van der Waals surface area contributed by atoms with Gasteiger partial charge in [0.2, 0.25) is 0 Å². The van der Waals surface area contributed by atoms with Gasteiger partial charge in [-0.3, -0.25) is 4.90 Å². The molecule has 5 heteroatoms. The highest BCUT2D eigenvalue weighted by Gasteiger charge is 2.13. The van der Waals surface area contributed by atoms with Crippen LogP contribution in [0, 0.1) is 0 Å². The fraction of sp³-hybridized carbons (Fsp3) is 0.625. The van der Waals surface area contributed by atoms with Gasteiger partial charge in [-0.2, -0.15) is 0 Å². The lowest BCUT2D eigenvalue weighted by molar-refractivity contribution is 0.236. The van der Waals surface area contributed by atoms with Gasteiger partial charge in [-0.1, -0.05) is 6.92 Å². The third kappa shape index (κ3) is 5.55. The van der Waals surface area contributed by atoms with Crippen LogP contribution in [0.15, 0.2) is 21.1 Å². The average molecular weight is 420 g/mol. The highest BCUT2D eigenvalue weighted by Crippen LogP contribution is 2.34. The van der Waals surface area contributed by atoms with Crippen LogP contribution in [0.5, 0.6) is 5.75 Å². The molecule has 0 unspecified atom stereocenters. The number of rotatable bonds is 8. The SMILES string of the molecule is CCCNCc1cc(Br)c(OCCN2CCCC2)c(Br)c1. The molecule has 1 fully saturated rings. The Morgan fingerprint density at radius 1 is 1.19 bits per heavy atom. The van der Waals surface area contributed by atoms with Crippen LogP contribution in [-0.4, -0.2) is 37.7 Å². The second-order valence-corrected chi connectivity index (χ2v) is 7.17. The number of nitrogens with zero attached hydrogens (tertiary/aromatic N) is 1. The van der Waals surface area contributed by atoms with E-state index >= 15 is 0 Å². The summed E-state index contributed by atoms with van der Waals surface area (Å²) in [4.78, 5) is 2.46. The van der Waals surface area contributed by atoms with E-state index in [9.17, 15) is 0 Å². The van der Waals surface area contributed by atoms with Crippen molar-refractivity contribution in [2.75, 3.05) is 32.8 Å². The number of benzene rings is 1. The van der Waals surface area contributed by atoms with Crippen LogP contribution < -0.4 is 10.1 Å². The van der Waals surface area contributed by atoms with E-state index in [1.807, 2.05) is 0 Å². The first kappa shape index (κ1) is 17.3. The monoisotopic (exact) mass is 418 g/mol. The van der Waals surface area contributed by atoms with Gasteiger partial charge in [0.1, 0.15) is 12.4 Å². The molecule has 1 aliphatic heterocycles. The molecule has 118 valence electrons. The van der Waals surface area contributed by atoms with Crippen molar-refractivity contribution in [2.24, 2.45) is 0 Å². The van der Waals surface area contributed by atoms with Crippen molar-refractivity contribution in [1.29, 1.82) is 0 Å². The molecule has 2 rings (SSSR count). The Labute approximate surface area is 144 Å². The first-order chi connectivity index (χ1) is 10.2. The van der Waals surface area contributed by atoms with Crippen LogP contribution in [0.3, 0.4) is 0 Å². The zero-order valence-corrected chi connectivity index (χ0v) is 15.8. The van der Waals surface area contributed by atoms with Crippen molar-refractivity contribution in [2.45, 2.75) is 32.7 Å². The lowest BCUT2D eigenvalue weighted by atomic mass is 10.2. The second-order valence-electron chi connectivity index (χ2n) is 5.46. The van der Waals surface area contributed by atoms with Gasteiger partial charge >= 0.3 is 0 Å². The summed E-state index contributed by atoms with van der Waals surface area (Å²) in [7, 11) is 0. The highest BCUT2D eigenvalue weighted by molar-refractivity contribution is 9.11. The lowest BCUT2D eigenvalue weighted by Gasteiger charge is -2.17. The Morgan fingerprint density at radius 2 is 1.86 bits per heavy atom. The average Bonchev–Trinajstić information content (AvgIpc) is 2.95. The Bertz CT molecular complexity index is 425. The van der Waals surface area contributed by atoms with Crippen LogP contribution in [0.2, 0.25) is 0 Å². The standard InChI is InChI=1S/C16H24Br2N2O/c1-2-5-19-12-13-10-14(17)16(15(18)11-13)21-9-8-20-6-3-4-7-20/h10-11,19H,2-9,12H2,1H3. The van der Waals surface area contributed by atoms with Crippen LogP contribution in [-0.2, 0) is 6.54 Å². The molecule has 1 N–H and O–H groups in total. The summed E-state index contributed by atoms with van der Waals surface area (Å²) >= 11 is 7.25. The van der Waals surface area contributed by atoms with Crippen molar-refractivity contribution in [1.82, 2.24) is 10.2 Å². The lowest BCUT2D eigenvalue weighted by Crippen LogP contribution is -2.25. The molecule has 1 heterocycles. The quantitative estimate of drug-likeness (QED) is 0.639. The third-order valence-corrected chi connectivity index (χ3v) is 4.84. The molecule has 21 heavy (non-hydrogen) atoms. The Morgan fingerprint density at radius 3 is 2.48 bits per heavy atom. The topological polar surface area (TPSA) is 24.5 Å². The van der Waals surface area contributed by atoms with Crippen molar-refractivity contribution in [3.05, 3.63) is 26.6 Å². The van der Waals surface area contributed by atoms with E-state index in [1.54, 1.807) is 0 Å². The van der Waals surface area contributed by atoms with E-state index < -0.39 is 0 Å². The molecule has 1 aromatic carbocycles. The van der Waals surface area contributed by atoms with E-state index in [-0.39, 0.29) is 0 Å². The summed E-state index contributed by atoms with van der Waals surface area (Å²) in [5.74, 6) is 0.911. The van der Waals surface area contributed by atoms with Crippen molar-refractivity contribution < 1.29 is 4.74 Å². The highest BCUT2D eigenvalue weighted by atomic mass is 79.9. The van der Waals surface area contributed by atoms with Crippen LogP contribution in [0.1, 0.15) is 31.7 Å². The number of ether oxygens (including phenoxy) is 1. The van der Waals surface area contributed by atoms with Gasteiger partial charge in [-0.15, -0.1) is 0 Å². The number of hydrogen-bond acceptors (Lipinski definition) is 3. The minimum atomic E-state index is 0.741. The smallest absolute Gasteiger partial charge is 0.147 e. The maximum atomic E-state index is 5.95. The number of hydrogen-bond donors (Lipinski definition) is 1. The summed E-state index contributed by atoms with van der Waals surface area (Å²) in [6, 6.07) is 4.28. The van der Waals surface area contributed by atoms with Gasteiger partial charge in [0.05, 0.1) is 8.95 Å². The fourth-order valence-corrected chi connectivity index (χ4v) is 4.06. The molecular formula is C16H24Br2N2O. The molecule has 0 atom stereocenters. The molecule has 0 spiro atoms. The van der Waals surface area contributed by atoms with Gasteiger partial charge < -0.3 is 10.1 Å². The molecule has 0 bridgehead atoms. The molecule has 1 saturated heterocycles. The summed E-state index contributed by atoms with van der Waals surface area (Å²) < 4.78 is 7.99. The van der Waals surface area contributed by atoms with Gasteiger partial charge in [0.15, 0.2) is 0 Å². The Hall–Kier alpha value is -0.100. The molecule has 1 aliphatic rings. The number of likely N-dealkylation sites (tertiary alicyclic amines) is 1. The van der Waals surface area contributed by atoms with E-state index in [0.29, 0.717) is 0 Å². The first-order valence-corrected chi connectivity index (χ1v) is 9.33. The van der Waals surface area contributed by atoms with Crippen LogP contribution in [0.4, 0.5) is 0 Å². The predicted octanol–water partition coefficient (Wildman–Crippen LogP) is 4.19. The normalized spacial score (nSPS) is 15.6. The van der Waals surface area contributed by atoms with Gasteiger partial charge in [0.25, 0.3) is 0 Å². The van der Waals surface area contributed by atoms with E-state index in [1.165, 1.54) is 31.5 Å². The summed E-state index contributed by atoms with van der Waals surface area (Å²) in [5.41, 5.74) is 1.26. The molecular weight excluding hydrogens is 396 g/mol. The maximum absolute atomic E-state index is 5.95. The van der Waals surface area contributed by atoms with E-state index in [2.05, 4.69) is 61.1 Å². The summed E-state index contributed by atoms with van der Waals surface area (Å²) in [6.45, 7) is 8.29. The first-order valence-electron chi connectivity index (χ1n) is 7.74. The van der Waals surface area contributed by atoms with Crippen LogP contribution in [0.25, 0.3) is 0 Å². The minimum Gasteiger partial charge on any atom is -0.490 e. The summed E-state index contributed by atoms with van der Waals surface area (Å²) in [6.07, 6.45) is 3.81. The van der Waals surface area contributed by atoms with Gasteiger partial charge in [-0.05, 0) is 88.5 Å². The zero-order valence-electron chi connectivity index (χ0n) is 12.6. The molecule has 0 radical (unpaired) electrons. The fourth-order valence-electron chi connectivity index (χ4n) is 2.54.